The van der Waals surface area contributed by atoms with Crippen LogP contribution in [0.4, 0.5) is 4.79 Å². The van der Waals surface area contributed by atoms with E-state index in [1.165, 1.54) is 24.8 Å². The Morgan fingerprint density at radius 3 is 2.21 bits per heavy atom. The van der Waals surface area contributed by atoms with Crippen molar-refractivity contribution in [3.63, 3.8) is 0 Å². The van der Waals surface area contributed by atoms with Gasteiger partial charge < -0.3 is 14.4 Å². The molecule has 0 atom stereocenters. The molecular formula is C23H38N2O3. The predicted octanol–water partition coefficient (Wildman–Crippen LogP) is 4.70. The maximum atomic E-state index is 11.7. The Hall–Kier alpha value is -1.75. The van der Waals surface area contributed by atoms with Crippen molar-refractivity contribution < 1.29 is 14.3 Å². The highest BCUT2D eigenvalue weighted by molar-refractivity contribution is 5.67. The molecule has 0 aromatic heterocycles. The minimum Gasteiger partial charge on any atom is -0.494 e. The van der Waals surface area contributed by atoms with Crippen molar-refractivity contribution in [1.82, 2.24) is 9.80 Å². The van der Waals surface area contributed by atoms with E-state index in [-0.39, 0.29) is 11.5 Å². The normalized spacial score (nSPS) is 15.5. The number of amides is 1. The van der Waals surface area contributed by atoms with Crippen LogP contribution in [0.1, 0.15) is 58.9 Å². The SMILES string of the molecule is CCOC(=O)N1CCN(CCCCCCOc2ccc(C(C)(C)C)cc2)CC1. The number of hydrogen-bond donors (Lipinski definition) is 0. The van der Waals surface area contributed by atoms with Crippen molar-refractivity contribution in [3.05, 3.63) is 29.8 Å². The van der Waals surface area contributed by atoms with E-state index in [0.717, 1.165) is 51.5 Å². The molecule has 1 aliphatic rings. The first kappa shape index (κ1) is 22.5. The van der Waals surface area contributed by atoms with Crippen LogP contribution in [-0.2, 0) is 10.2 Å². The summed E-state index contributed by atoms with van der Waals surface area (Å²) >= 11 is 0. The third-order valence-corrected chi connectivity index (χ3v) is 5.26. The number of rotatable bonds is 9. The Bertz CT molecular complexity index is 573. The van der Waals surface area contributed by atoms with E-state index in [2.05, 4.69) is 49.9 Å². The van der Waals surface area contributed by atoms with Gasteiger partial charge in [-0.15, -0.1) is 0 Å². The average molecular weight is 391 g/mol. The molecule has 158 valence electrons. The Morgan fingerprint density at radius 1 is 0.964 bits per heavy atom. The van der Waals surface area contributed by atoms with Gasteiger partial charge in [0.1, 0.15) is 5.75 Å². The maximum Gasteiger partial charge on any atom is 0.409 e. The molecule has 0 bridgehead atoms. The lowest BCUT2D eigenvalue weighted by Crippen LogP contribution is -2.49. The highest BCUT2D eigenvalue weighted by Crippen LogP contribution is 2.24. The first-order valence-corrected chi connectivity index (χ1v) is 10.8. The Morgan fingerprint density at radius 2 is 1.61 bits per heavy atom. The van der Waals surface area contributed by atoms with Crippen LogP contribution in [0, 0.1) is 0 Å². The highest BCUT2D eigenvalue weighted by atomic mass is 16.6. The smallest absolute Gasteiger partial charge is 0.409 e. The number of carbonyl (C=O) groups is 1. The summed E-state index contributed by atoms with van der Waals surface area (Å²) in [5.74, 6) is 0.965. The van der Waals surface area contributed by atoms with Gasteiger partial charge in [-0.25, -0.2) is 4.79 Å². The maximum absolute atomic E-state index is 11.7. The molecule has 0 aliphatic carbocycles. The van der Waals surface area contributed by atoms with Crippen LogP contribution < -0.4 is 4.74 Å². The topological polar surface area (TPSA) is 42.0 Å². The summed E-state index contributed by atoms with van der Waals surface area (Å²) in [7, 11) is 0. The summed E-state index contributed by atoms with van der Waals surface area (Å²) in [6.07, 6.45) is 4.56. The monoisotopic (exact) mass is 390 g/mol. The molecular weight excluding hydrogens is 352 g/mol. The second-order valence-electron chi connectivity index (χ2n) is 8.56. The molecule has 28 heavy (non-hydrogen) atoms. The molecule has 1 fully saturated rings. The van der Waals surface area contributed by atoms with Gasteiger partial charge in [0.2, 0.25) is 0 Å². The van der Waals surface area contributed by atoms with Crippen LogP contribution in [0.2, 0.25) is 0 Å². The minimum absolute atomic E-state index is 0.171. The van der Waals surface area contributed by atoms with Crippen molar-refractivity contribution in [1.29, 1.82) is 0 Å². The number of nitrogens with zero attached hydrogens (tertiary/aromatic N) is 2. The summed E-state index contributed by atoms with van der Waals surface area (Å²) in [4.78, 5) is 16.0. The van der Waals surface area contributed by atoms with E-state index in [4.69, 9.17) is 9.47 Å². The zero-order valence-electron chi connectivity index (χ0n) is 18.2. The van der Waals surface area contributed by atoms with Gasteiger partial charge in [-0.3, -0.25) is 4.90 Å². The van der Waals surface area contributed by atoms with Gasteiger partial charge in [0.15, 0.2) is 0 Å². The van der Waals surface area contributed by atoms with Crippen molar-refractivity contribution in [2.24, 2.45) is 0 Å². The fourth-order valence-corrected chi connectivity index (χ4v) is 3.40. The number of hydrogen-bond acceptors (Lipinski definition) is 4. The number of carbonyl (C=O) groups excluding carboxylic acids is 1. The number of benzene rings is 1. The second kappa shape index (κ2) is 11.3. The summed E-state index contributed by atoms with van der Waals surface area (Å²) in [5.41, 5.74) is 1.52. The molecule has 5 nitrogen and oxygen atoms in total. The lowest BCUT2D eigenvalue weighted by molar-refractivity contribution is 0.0792. The zero-order valence-corrected chi connectivity index (χ0v) is 18.2. The minimum atomic E-state index is -0.171. The van der Waals surface area contributed by atoms with Crippen LogP contribution in [0.5, 0.6) is 5.75 Å². The number of ether oxygens (including phenoxy) is 2. The summed E-state index contributed by atoms with van der Waals surface area (Å²) in [6.45, 7) is 14.3. The van der Waals surface area contributed by atoms with Crippen LogP contribution in [0.3, 0.4) is 0 Å². The van der Waals surface area contributed by atoms with Gasteiger partial charge >= 0.3 is 6.09 Å². The van der Waals surface area contributed by atoms with Crippen LogP contribution in [0.15, 0.2) is 24.3 Å². The third kappa shape index (κ3) is 7.70. The summed E-state index contributed by atoms with van der Waals surface area (Å²) in [5, 5.41) is 0. The molecule has 0 N–H and O–H groups in total. The van der Waals surface area contributed by atoms with Gasteiger partial charge in [-0.2, -0.15) is 0 Å². The van der Waals surface area contributed by atoms with E-state index in [0.29, 0.717) is 6.61 Å². The Balaban J connectivity index is 1.50. The molecule has 1 aromatic carbocycles. The number of piperazine rings is 1. The highest BCUT2D eigenvalue weighted by Gasteiger charge is 2.21. The lowest BCUT2D eigenvalue weighted by atomic mass is 9.87. The third-order valence-electron chi connectivity index (χ3n) is 5.26. The quantitative estimate of drug-likeness (QED) is 0.573. The van der Waals surface area contributed by atoms with Crippen molar-refractivity contribution in [3.8, 4) is 5.75 Å². The van der Waals surface area contributed by atoms with E-state index in [9.17, 15) is 4.79 Å². The fraction of sp³-hybridized carbons (Fsp3) is 0.696. The predicted molar refractivity (Wildman–Crippen MR) is 114 cm³/mol. The van der Waals surface area contributed by atoms with E-state index in [1.54, 1.807) is 0 Å². The van der Waals surface area contributed by atoms with Gasteiger partial charge in [0, 0.05) is 26.2 Å². The van der Waals surface area contributed by atoms with Crippen LogP contribution >= 0.6 is 0 Å². The van der Waals surface area contributed by atoms with Gasteiger partial charge in [0.05, 0.1) is 13.2 Å². The number of unbranched alkanes of at least 4 members (excludes halogenated alkanes) is 3. The average Bonchev–Trinajstić information content (AvgIpc) is 2.67. The molecule has 1 amide bonds. The van der Waals surface area contributed by atoms with Gasteiger partial charge in [-0.1, -0.05) is 45.7 Å². The molecule has 1 aliphatic heterocycles. The molecule has 5 heteroatoms. The fourth-order valence-electron chi connectivity index (χ4n) is 3.40. The summed E-state index contributed by atoms with van der Waals surface area (Å²) < 4.78 is 10.9. The Kier molecular flexibility index (Phi) is 9.10. The zero-order chi connectivity index (χ0) is 20.4. The van der Waals surface area contributed by atoms with E-state index in [1.807, 2.05) is 11.8 Å². The van der Waals surface area contributed by atoms with E-state index < -0.39 is 0 Å². The summed E-state index contributed by atoms with van der Waals surface area (Å²) in [6, 6.07) is 8.49. The standard InChI is InChI=1S/C23H38N2O3/c1-5-27-22(26)25-17-15-24(16-18-25)14-8-6-7-9-19-28-21-12-10-20(11-13-21)23(2,3)4/h10-13H,5-9,14-19H2,1-4H3. The molecule has 1 heterocycles. The first-order valence-electron chi connectivity index (χ1n) is 10.8. The van der Waals surface area contributed by atoms with Crippen molar-refractivity contribution >= 4 is 6.09 Å². The van der Waals surface area contributed by atoms with E-state index >= 15 is 0 Å². The van der Waals surface area contributed by atoms with Crippen molar-refractivity contribution in [2.75, 3.05) is 45.9 Å². The molecule has 2 rings (SSSR count). The van der Waals surface area contributed by atoms with Gasteiger partial charge in [0.25, 0.3) is 0 Å². The largest absolute Gasteiger partial charge is 0.494 e. The molecule has 0 unspecified atom stereocenters. The van der Waals surface area contributed by atoms with Gasteiger partial charge in [-0.05, 0) is 49.4 Å². The molecule has 0 saturated carbocycles. The first-order chi connectivity index (χ1) is 13.4. The van der Waals surface area contributed by atoms with Crippen LogP contribution in [0.25, 0.3) is 0 Å². The molecule has 1 aromatic rings. The van der Waals surface area contributed by atoms with Crippen molar-refractivity contribution in [2.45, 2.75) is 58.8 Å². The van der Waals surface area contributed by atoms with Crippen LogP contribution in [-0.4, -0.2) is 61.8 Å². The lowest BCUT2D eigenvalue weighted by Gasteiger charge is -2.34. The molecule has 0 radical (unpaired) electrons. The second-order valence-corrected chi connectivity index (χ2v) is 8.56. The molecule has 1 saturated heterocycles. The Labute approximate surface area is 171 Å². The molecule has 0 spiro atoms.